The zero-order chi connectivity index (χ0) is 30.9. The number of fused-ring (bicyclic) bond motifs is 2. The number of ether oxygens (including phenoxy) is 3. The average Bonchev–Trinajstić information content (AvgIpc) is 3.41. The average molecular weight is 603 g/mol. The smallest absolute Gasteiger partial charge is 0.394 e. The Morgan fingerprint density at radius 1 is 1.00 bits per heavy atom. The minimum Gasteiger partial charge on any atom is -0.493 e. The van der Waals surface area contributed by atoms with Crippen LogP contribution in [0.1, 0.15) is 32.3 Å². The summed E-state index contributed by atoms with van der Waals surface area (Å²) >= 11 is 0. The van der Waals surface area contributed by atoms with Gasteiger partial charge in [-0.15, -0.1) is 0 Å². The number of benzene rings is 2. The minimum atomic E-state index is -4.67. The molecular formula is C29H34N2O10S. The lowest BCUT2D eigenvalue weighted by Crippen LogP contribution is -2.32. The van der Waals surface area contributed by atoms with Crippen molar-refractivity contribution >= 4 is 32.3 Å². The molecule has 2 aromatic carbocycles. The van der Waals surface area contributed by atoms with Crippen LogP contribution in [0.2, 0.25) is 0 Å². The first kappa shape index (κ1) is 32.4. The molecule has 0 amide bonds. The molecule has 12 nitrogen and oxygen atoms in total. The standard InChI is InChI=1S/C29H32N2O6.H2O4S/c1-19(2)29(18-30,22-7-8-23(33-3)24(17-22)34-4)11-5-12-31-13-15-36-28-26-21(10-14-35-26)16-20-6-9-25(32)37-27(20)28;1-5(2,3)4/h6-10,14,16-17,19,31H,5,11-13,15H2,1-4H3;(H2,1,2,3,4). The van der Waals surface area contributed by atoms with Crippen LogP contribution < -0.4 is 25.2 Å². The van der Waals surface area contributed by atoms with Gasteiger partial charge >= 0.3 is 16.0 Å². The lowest BCUT2D eigenvalue weighted by atomic mass is 9.70. The highest BCUT2D eigenvalue weighted by molar-refractivity contribution is 7.79. The number of hydrogen-bond donors (Lipinski definition) is 3. The zero-order valence-corrected chi connectivity index (χ0v) is 24.6. The van der Waals surface area contributed by atoms with Crippen LogP contribution in [0.15, 0.2) is 62.4 Å². The molecular weight excluding hydrogens is 568 g/mol. The highest BCUT2D eigenvalue weighted by Gasteiger charge is 2.36. The summed E-state index contributed by atoms with van der Waals surface area (Å²) in [6.07, 6.45) is 3.07. The van der Waals surface area contributed by atoms with E-state index in [2.05, 4.69) is 25.2 Å². The van der Waals surface area contributed by atoms with Crippen molar-refractivity contribution in [2.45, 2.75) is 32.1 Å². The second kappa shape index (κ2) is 14.2. The molecule has 42 heavy (non-hydrogen) atoms. The van der Waals surface area contributed by atoms with Gasteiger partial charge in [0.25, 0.3) is 0 Å². The molecule has 4 aromatic rings. The van der Waals surface area contributed by atoms with Gasteiger partial charge in [0.2, 0.25) is 5.75 Å². The number of furan rings is 1. The van der Waals surface area contributed by atoms with Crippen molar-refractivity contribution in [3.8, 4) is 23.3 Å². The first-order valence-corrected chi connectivity index (χ1v) is 14.4. The first-order chi connectivity index (χ1) is 19.9. The number of nitriles is 1. The molecule has 0 bridgehead atoms. The number of rotatable bonds is 12. The lowest BCUT2D eigenvalue weighted by Gasteiger charge is -2.32. The maximum atomic E-state index is 11.8. The topological polar surface area (TPSA) is 181 Å². The van der Waals surface area contributed by atoms with Gasteiger partial charge in [-0.2, -0.15) is 13.7 Å². The zero-order valence-electron chi connectivity index (χ0n) is 23.7. The molecule has 13 heteroatoms. The van der Waals surface area contributed by atoms with E-state index in [1.165, 1.54) is 6.07 Å². The van der Waals surface area contributed by atoms with Gasteiger partial charge in [0, 0.05) is 23.4 Å². The van der Waals surface area contributed by atoms with E-state index >= 15 is 0 Å². The highest BCUT2D eigenvalue weighted by Crippen LogP contribution is 2.40. The molecule has 226 valence electrons. The Kier molecular flexibility index (Phi) is 11.0. The molecule has 0 saturated heterocycles. The van der Waals surface area contributed by atoms with Crippen LogP contribution in [0.3, 0.4) is 0 Å². The van der Waals surface area contributed by atoms with Crippen LogP contribution >= 0.6 is 0 Å². The third kappa shape index (κ3) is 8.01. The molecule has 2 aromatic heterocycles. The Bertz CT molecular complexity index is 1700. The van der Waals surface area contributed by atoms with Gasteiger partial charge in [-0.05, 0) is 61.2 Å². The van der Waals surface area contributed by atoms with Gasteiger partial charge in [0.1, 0.15) is 6.61 Å². The van der Waals surface area contributed by atoms with E-state index in [-0.39, 0.29) is 5.92 Å². The van der Waals surface area contributed by atoms with Crippen LogP contribution in [0.25, 0.3) is 21.9 Å². The molecule has 1 atom stereocenters. The summed E-state index contributed by atoms with van der Waals surface area (Å²) in [5.74, 6) is 1.79. The van der Waals surface area contributed by atoms with Crippen LogP contribution in [-0.4, -0.2) is 51.4 Å². The summed E-state index contributed by atoms with van der Waals surface area (Å²) in [5.41, 5.74) is 0.754. The van der Waals surface area contributed by atoms with Gasteiger partial charge in [-0.3, -0.25) is 9.11 Å². The normalized spacial score (nSPS) is 12.8. The first-order valence-electron chi connectivity index (χ1n) is 13.0. The Morgan fingerprint density at radius 3 is 2.33 bits per heavy atom. The van der Waals surface area contributed by atoms with Gasteiger partial charge in [0.05, 0.1) is 32.0 Å². The summed E-state index contributed by atoms with van der Waals surface area (Å²) < 4.78 is 59.4. The SMILES string of the molecule is COc1ccc(C(C#N)(CCCNCCOc2c3occc3cc3ccc(=O)oc23)C(C)C)cc1OC.O=S(=O)(O)O. The van der Waals surface area contributed by atoms with Crippen molar-refractivity contribution in [1.82, 2.24) is 5.32 Å². The molecule has 1 unspecified atom stereocenters. The molecule has 0 fully saturated rings. The van der Waals surface area contributed by atoms with E-state index in [0.29, 0.717) is 54.5 Å². The summed E-state index contributed by atoms with van der Waals surface area (Å²) in [5, 5.41) is 15.3. The minimum absolute atomic E-state index is 0.107. The maximum Gasteiger partial charge on any atom is 0.394 e. The fourth-order valence-corrected chi connectivity index (χ4v) is 4.71. The Balaban J connectivity index is 0.000000892. The lowest BCUT2D eigenvalue weighted by molar-refractivity contribution is 0.306. The summed E-state index contributed by atoms with van der Waals surface area (Å²) in [7, 11) is -1.47. The van der Waals surface area contributed by atoms with E-state index in [4.69, 9.17) is 40.6 Å². The van der Waals surface area contributed by atoms with Crippen molar-refractivity contribution in [1.29, 1.82) is 5.26 Å². The summed E-state index contributed by atoms with van der Waals surface area (Å²) in [6.45, 7) is 5.79. The van der Waals surface area contributed by atoms with Gasteiger partial charge in [-0.25, -0.2) is 4.79 Å². The van der Waals surface area contributed by atoms with Crippen LogP contribution in [0, 0.1) is 17.2 Å². The second-order valence-electron chi connectivity index (χ2n) is 9.67. The molecule has 0 radical (unpaired) electrons. The van der Waals surface area contributed by atoms with E-state index in [1.807, 2.05) is 30.3 Å². The quantitative estimate of drug-likeness (QED) is 0.115. The molecule has 0 aliphatic carbocycles. The monoisotopic (exact) mass is 602 g/mol. The Labute approximate surface area is 243 Å². The maximum absolute atomic E-state index is 11.8. The van der Waals surface area contributed by atoms with Gasteiger partial charge in [0.15, 0.2) is 22.7 Å². The molecule has 3 N–H and O–H groups in total. The summed E-state index contributed by atoms with van der Waals surface area (Å²) in [6, 6.07) is 15.1. The molecule has 0 spiro atoms. The van der Waals surface area contributed by atoms with Crippen LogP contribution in [-0.2, 0) is 15.8 Å². The summed E-state index contributed by atoms with van der Waals surface area (Å²) in [4.78, 5) is 11.8. The van der Waals surface area contributed by atoms with Crippen LogP contribution in [0.4, 0.5) is 0 Å². The fourth-order valence-electron chi connectivity index (χ4n) is 4.71. The molecule has 0 aliphatic rings. The number of methoxy groups -OCH3 is 2. The largest absolute Gasteiger partial charge is 0.493 e. The van der Waals surface area contributed by atoms with Gasteiger partial charge < -0.3 is 28.4 Å². The molecule has 0 saturated carbocycles. The number of nitrogens with zero attached hydrogens (tertiary/aromatic N) is 1. The predicted molar refractivity (Wildman–Crippen MR) is 156 cm³/mol. The van der Waals surface area contributed by atoms with Crippen molar-refractivity contribution < 1.29 is 40.6 Å². The Hall–Kier alpha value is -4.09. The molecule has 0 aliphatic heterocycles. The van der Waals surface area contributed by atoms with E-state index in [1.54, 1.807) is 26.5 Å². The predicted octanol–water partition coefficient (Wildman–Crippen LogP) is 4.77. The van der Waals surface area contributed by atoms with E-state index in [0.717, 1.165) is 22.8 Å². The van der Waals surface area contributed by atoms with E-state index in [9.17, 15) is 10.1 Å². The highest BCUT2D eigenvalue weighted by atomic mass is 32.3. The third-order valence-corrected chi connectivity index (χ3v) is 6.82. The molecule has 4 rings (SSSR count). The van der Waals surface area contributed by atoms with Crippen molar-refractivity contribution in [3.63, 3.8) is 0 Å². The van der Waals surface area contributed by atoms with Crippen molar-refractivity contribution in [2.24, 2.45) is 5.92 Å². The van der Waals surface area contributed by atoms with Crippen molar-refractivity contribution in [2.75, 3.05) is 33.9 Å². The fraction of sp³-hybridized carbons (Fsp3) is 0.379. The van der Waals surface area contributed by atoms with Gasteiger partial charge in [-0.1, -0.05) is 19.9 Å². The van der Waals surface area contributed by atoms with Crippen molar-refractivity contribution in [3.05, 3.63) is 64.7 Å². The molecule has 2 heterocycles. The number of nitrogens with one attached hydrogen (secondary N) is 1. The van der Waals surface area contributed by atoms with Crippen LogP contribution in [0.5, 0.6) is 17.2 Å². The third-order valence-electron chi connectivity index (χ3n) is 6.82. The Morgan fingerprint density at radius 2 is 1.69 bits per heavy atom. The second-order valence-corrected chi connectivity index (χ2v) is 10.6. The number of hydrogen-bond acceptors (Lipinski definition) is 10. The van der Waals surface area contributed by atoms with E-state index < -0.39 is 21.4 Å².